The number of furan rings is 1. The van der Waals surface area contributed by atoms with Gasteiger partial charge in [-0.15, -0.1) is 0 Å². The zero-order valence-electron chi connectivity index (χ0n) is 15.9. The molecule has 0 spiro atoms. The Morgan fingerprint density at radius 2 is 1.84 bits per heavy atom. The van der Waals surface area contributed by atoms with Crippen molar-refractivity contribution in [3.63, 3.8) is 0 Å². The molecule has 1 aromatic heterocycles. The van der Waals surface area contributed by atoms with Gasteiger partial charge >= 0.3 is 0 Å². The molecule has 2 amide bonds. The minimum atomic E-state index is -0.644. The van der Waals surface area contributed by atoms with Crippen molar-refractivity contribution in [2.24, 2.45) is 0 Å². The van der Waals surface area contributed by atoms with Crippen LogP contribution in [-0.4, -0.2) is 16.9 Å². The Labute approximate surface area is 198 Å². The number of rotatable bonds is 3. The minimum absolute atomic E-state index is 0.0917. The van der Waals surface area contributed by atoms with E-state index in [2.05, 4.69) is 5.32 Å². The van der Waals surface area contributed by atoms with Gasteiger partial charge in [0.1, 0.15) is 17.1 Å². The number of hydrogen-bond acceptors (Lipinski definition) is 4. The number of hydrogen-bond donors (Lipinski definition) is 1. The molecule has 31 heavy (non-hydrogen) atoms. The van der Waals surface area contributed by atoms with Gasteiger partial charge in [0.15, 0.2) is 5.11 Å². The van der Waals surface area contributed by atoms with E-state index in [1.807, 2.05) is 13.0 Å². The van der Waals surface area contributed by atoms with Gasteiger partial charge in [-0.1, -0.05) is 46.9 Å². The quantitative estimate of drug-likeness (QED) is 0.275. The highest BCUT2D eigenvalue weighted by molar-refractivity contribution is 7.80. The third kappa shape index (κ3) is 4.12. The van der Waals surface area contributed by atoms with Crippen LogP contribution in [0.25, 0.3) is 17.4 Å². The molecule has 0 aliphatic carbocycles. The van der Waals surface area contributed by atoms with E-state index in [1.165, 1.54) is 6.08 Å². The average Bonchev–Trinajstić information content (AvgIpc) is 3.18. The van der Waals surface area contributed by atoms with Crippen LogP contribution in [0, 0.1) is 6.92 Å². The number of nitrogens with one attached hydrogen (secondary N) is 1. The van der Waals surface area contributed by atoms with E-state index in [-0.39, 0.29) is 26.4 Å². The summed E-state index contributed by atoms with van der Waals surface area (Å²) in [6, 6.07) is 13.7. The highest BCUT2D eigenvalue weighted by atomic mass is 35.5. The van der Waals surface area contributed by atoms with Crippen LogP contribution in [-0.2, 0) is 9.59 Å². The predicted octanol–water partition coefficient (Wildman–Crippen LogP) is 6.05. The van der Waals surface area contributed by atoms with Crippen LogP contribution in [0.5, 0.6) is 0 Å². The van der Waals surface area contributed by atoms with Crippen molar-refractivity contribution in [3.8, 4) is 11.3 Å². The lowest BCUT2D eigenvalue weighted by Gasteiger charge is -2.29. The largest absolute Gasteiger partial charge is 0.457 e. The van der Waals surface area contributed by atoms with Crippen molar-refractivity contribution in [1.82, 2.24) is 5.32 Å². The summed E-state index contributed by atoms with van der Waals surface area (Å²) in [5.41, 5.74) is 1.89. The first-order valence-corrected chi connectivity index (χ1v) is 10.5. The molecule has 0 unspecified atom stereocenters. The molecule has 2 aromatic carbocycles. The Hall–Kier alpha value is -2.64. The highest BCUT2D eigenvalue weighted by Gasteiger charge is 2.36. The van der Waals surface area contributed by atoms with Crippen LogP contribution >= 0.6 is 47.0 Å². The molecule has 156 valence electrons. The van der Waals surface area contributed by atoms with Gasteiger partial charge in [0, 0.05) is 10.6 Å². The van der Waals surface area contributed by atoms with Crippen molar-refractivity contribution in [1.29, 1.82) is 0 Å². The molecule has 1 aliphatic rings. The van der Waals surface area contributed by atoms with E-state index in [0.717, 1.165) is 16.0 Å². The zero-order valence-corrected chi connectivity index (χ0v) is 19.0. The van der Waals surface area contributed by atoms with Gasteiger partial charge in [-0.25, -0.2) is 0 Å². The molecule has 1 N–H and O–H groups in total. The van der Waals surface area contributed by atoms with E-state index in [0.29, 0.717) is 16.5 Å². The summed E-state index contributed by atoms with van der Waals surface area (Å²) in [5, 5.41) is 3.38. The molecule has 1 aliphatic heterocycles. The normalized spacial score (nSPS) is 15.5. The van der Waals surface area contributed by atoms with Crippen LogP contribution in [0.4, 0.5) is 5.69 Å². The maximum absolute atomic E-state index is 13.1. The molecule has 0 bridgehead atoms. The fraction of sp³-hybridized carbons (Fsp3) is 0.0455. The number of benzene rings is 2. The Morgan fingerprint density at radius 1 is 1.06 bits per heavy atom. The summed E-state index contributed by atoms with van der Waals surface area (Å²) in [4.78, 5) is 26.8. The fourth-order valence-corrected chi connectivity index (χ4v) is 3.94. The maximum atomic E-state index is 13.1. The van der Waals surface area contributed by atoms with Crippen LogP contribution in [0.1, 0.15) is 11.3 Å². The van der Waals surface area contributed by atoms with Crippen molar-refractivity contribution < 1.29 is 14.0 Å². The third-order valence-corrected chi connectivity index (χ3v) is 5.98. The molecule has 0 atom stereocenters. The second-order valence-electron chi connectivity index (χ2n) is 6.69. The highest BCUT2D eigenvalue weighted by Crippen LogP contribution is 2.35. The monoisotopic (exact) mass is 490 g/mol. The molecule has 1 fully saturated rings. The van der Waals surface area contributed by atoms with Gasteiger partial charge in [0.2, 0.25) is 0 Å². The van der Waals surface area contributed by atoms with Gasteiger partial charge in [-0.2, -0.15) is 0 Å². The van der Waals surface area contributed by atoms with Crippen molar-refractivity contribution in [2.45, 2.75) is 6.92 Å². The Kier molecular flexibility index (Phi) is 5.90. The zero-order chi connectivity index (χ0) is 22.3. The number of anilines is 1. The van der Waals surface area contributed by atoms with Gasteiger partial charge in [-0.05, 0) is 67.2 Å². The first-order valence-electron chi connectivity index (χ1n) is 8.98. The number of nitrogens with zero attached hydrogens (tertiary/aromatic N) is 1. The molecule has 1 saturated heterocycles. The van der Waals surface area contributed by atoms with Crippen LogP contribution in [0.3, 0.4) is 0 Å². The van der Waals surface area contributed by atoms with Crippen LogP contribution in [0.15, 0.2) is 58.5 Å². The minimum Gasteiger partial charge on any atom is -0.457 e. The van der Waals surface area contributed by atoms with Gasteiger partial charge in [0.05, 0.1) is 15.7 Å². The van der Waals surface area contributed by atoms with Gasteiger partial charge in [0.25, 0.3) is 11.8 Å². The molecule has 0 radical (unpaired) electrons. The fourth-order valence-electron chi connectivity index (χ4n) is 3.12. The average molecular weight is 492 g/mol. The molecule has 2 heterocycles. The van der Waals surface area contributed by atoms with E-state index in [1.54, 1.807) is 42.5 Å². The van der Waals surface area contributed by atoms with Crippen molar-refractivity contribution in [2.75, 3.05) is 4.90 Å². The second kappa shape index (κ2) is 8.48. The maximum Gasteiger partial charge on any atom is 0.270 e. The standard InChI is InChI=1S/C22H13Cl3N2O3S/c1-11-5-6-12(23)9-14(11)18-8-7-13(30-18)10-15-20(28)26-22(31)27(21(15)29)17-4-2-3-16(24)19(17)25/h2-10H,1H3,(H,26,28,31)/b15-10+. The van der Waals surface area contributed by atoms with Gasteiger partial charge in [-0.3, -0.25) is 19.8 Å². The summed E-state index contributed by atoms with van der Waals surface area (Å²) in [6.07, 6.45) is 1.36. The van der Waals surface area contributed by atoms with E-state index in [4.69, 9.17) is 51.4 Å². The van der Waals surface area contributed by atoms with E-state index < -0.39 is 11.8 Å². The van der Waals surface area contributed by atoms with Crippen molar-refractivity contribution >= 4 is 75.7 Å². The molecular formula is C22H13Cl3N2O3S. The lowest BCUT2D eigenvalue weighted by molar-refractivity contribution is -0.122. The number of halogens is 3. The smallest absolute Gasteiger partial charge is 0.270 e. The Bertz CT molecular complexity index is 1280. The number of thiocarbonyl (C=S) groups is 1. The van der Waals surface area contributed by atoms with E-state index >= 15 is 0 Å². The summed E-state index contributed by atoms with van der Waals surface area (Å²) in [6.45, 7) is 1.93. The van der Waals surface area contributed by atoms with Crippen LogP contribution in [0.2, 0.25) is 15.1 Å². The summed E-state index contributed by atoms with van der Waals surface area (Å²) in [7, 11) is 0. The number of carbonyl (C=O) groups is 2. The number of carbonyl (C=O) groups excluding carboxylic acids is 2. The topological polar surface area (TPSA) is 62.6 Å². The summed E-state index contributed by atoms with van der Waals surface area (Å²) >= 11 is 23.6. The predicted molar refractivity (Wildman–Crippen MR) is 127 cm³/mol. The Morgan fingerprint density at radius 3 is 2.61 bits per heavy atom. The molecule has 5 nitrogen and oxygen atoms in total. The lowest BCUT2D eigenvalue weighted by Crippen LogP contribution is -2.54. The first-order chi connectivity index (χ1) is 14.8. The summed E-state index contributed by atoms with van der Waals surface area (Å²) in [5.74, 6) is -0.408. The number of amides is 2. The number of aryl methyl sites for hydroxylation is 1. The molecular weight excluding hydrogens is 479 g/mol. The SMILES string of the molecule is Cc1ccc(Cl)cc1-c1ccc(/C=C2\C(=O)NC(=S)N(c3cccc(Cl)c3Cl)C2=O)o1. The molecule has 0 saturated carbocycles. The molecule has 3 aromatic rings. The summed E-state index contributed by atoms with van der Waals surface area (Å²) < 4.78 is 5.85. The molecule has 4 rings (SSSR count). The third-order valence-electron chi connectivity index (χ3n) is 4.65. The first kappa shape index (κ1) is 21.6. The Balaban J connectivity index is 1.72. The second-order valence-corrected chi connectivity index (χ2v) is 8.30. The van der Waals surface area contributed by atoms with Crippen LogP contribution < -0.4 is 10.2 Å². The lowest BCUT2D eigenvalue weighted by atomic mass is 10.1. The van der Waals surface area contributed by atoms with Crippen molar-refractivity contribution in [3.05, 3.63) is 80.5 Å². The van der Waals surface area contributed by atoms with Gasteiger partial charge < -0.3 is 4.42 Å². The van der Waals surface area contributed by atoms with E-state index in [9.17, 15) is 9.59 Å². The molecule has 9 heteroatoms.